The van der Waals surface area contributed by atoms with Gasteiger partial charge in [-0.1, -0.05) is 64.0 Å². The molecule has 0 amide bonds. The summed E-state index contributed by atoms with van der Waals surface area (Å²) in [5.74, 6) is 0. The molecule has 1 aliphatic heterocycles. The number of unbranched alkanes of at least 4 members (excludes halogenated alkanes) is 9. The summed E-state index contributed by atoms with van der Waals surface area (Å²) in [6, 6.07) is 0. The molecule has 5 heteroatoms. The third kappa shape index (κ3) is 10.0. The highest BCUT2D eigenvalue weighted by atomic mass is 16.6. The number of aliphatic hydroxyl groups excluding tert-OH is 3. The van der Waals surface area contributed by atoms with Crippen LogP contribution in [0.1, 0.15) is 77.6 Å². The van der Waals surface area contributed by atoms with Gasteiger partial charge in [-0.05, 0) is 25.7 Å². The van der Waals surface area contributed by atoms with Crippen LogP contribution in [0.15, 0.2) is 12.2 Å². The lowest BCUT2D eigenvalue weighted by Crippen LogP contribution is -2.41. The van der Waals surface area contributed by atoms with Crippen LogP contribution < -0.4 is 0 Å². The number of ether oxygens (including phenoxy) is 2. The third-order valence-corrected chi connectivity index (χ3v) is 4.96. The quantitative estimate of drug-likeness (QED) is 0.286. The molecule has 1 fully saturated rings. The van der Waals surface area contributed by atoms with Crippen LogP contribution in [0.2, 0.25) is 0 Å². The molecule has 3 N–H and O–H groups in total. The Kier molecular flexibility index (Phi) is 14.1. The molecular weight excluding hydrogens is 332 g/mol. The van der Waals surface area contributed by atoms with Gasteiger partial charge in [0.25, 0.3) is 0 Å². The smallest absolute Gasteiger partial charge is 0.114 e. The summed E-state index contributed by atoms with van der Waals surface area (Å²) in [5.41, 5.74) is 0. The Morgan fingerprint density at radius 2 is 1.62 bits per heavy atom. The minimum atomic E-state index is -1.05. The van der Waals surface area contributed by atoms with Crippen LogP contribution in [-0.2, 0) is 9.47 Å². The molecule has 0 unspecified atom stereocenters. The van der Waals surface area contributed by atoms with Crippen molar-refractivity contribution in [2.24, 2.45) is 0 Å². The largest absolute Gasteiger partial charge is 0.394 e. The molecule has 1 aliphatic rings. The van der Waals surface area contributed by atoms with Crippen molar-refractivity contribution in [1.82, 2.24) is 0 Å². The average Bonchev–Trinajstić information content (AvgIpc) is 3.02. The normalized spacial score (nSPS) is 24.5. The molecule has 1 heterocycles. The van der Waals surface area contributed by atoms with Crippen LogP contribution in [0.4, 0.5) is 0 Å². The van der Waals surface area contributed by atoms with Crippen molar-refractivity contribution in [3.05, 3.63) is 12.2 Å². The maximum atomic E-state index is 10.0. The predicted molar refractivity (Wildman–Crippen MR) is 104 cm³/mol. The van der Waals surface area contributed by atoms with E-state index in [0.717, 1.165) is 12.8 Å². The van der Waals surface area contributed by atoms with Gasteiger partial charge in [-0.15, -0.1) is 0 Å². The fraction of sp³-hybridized carbons (Fsp3) is 0.905. The van der Waals surface area contributed by atoms with Crippen LogP contribution >= 0.6 is 0 Å². The highest BCUT2D eigenvalue weighted by molar-refractivity contribution is 4.88. The van der Waals surface area contributed by atoms with Crippen LogP contribution in [0.3, 0.4) is 0 Å². The van der Waals surface area contributed by atoms with Crippen molar-refractivity contribution in [3.63, 3.8) is 0 Å². The summed E-state index contributed by atoms with van der Waals surface area (Å²) in [4.78, 5) is 0. The van der Waals surface area contributed by atoms with Gasteiger partial charge >= 0.3 is 0 Å². The van der Waals surface area contributed by atoms with Gasteiger partial charge in [-0.25, -0.2) is 0 Å². The first kappa shape index (κ1) is 23.6. The summed E-state index contributed by atoms with van der Waals surface area (Å²) < 4.78 is 11.0. The van der Waals surface area contributed by atoms with Crippen LogP contribution in [0, 0.1) is 0 Å². The van der Waals surface area contributed by atoms with E-state index in [1.54, 1.807) is 0 Å². The summed E-state index contributed by atoms with van der Waals surface area (Å²) in [6.07, 6.45) is 15.2. The van der Waals surface area contributed by atoms with Gasteiger partial charge in [-0.2, -0.15) is 0 Å². The third-order valence-electron chi connectivity index (χ3n) is 4.96. The Morgan fingerprint density at radius 1 is 1.00 bits per heavy atom. The van der Waals surface area contributed by atoms with E-state index < -0.39 is 31.0 Å². The van der Waals surface area contributed by atoms with Gasteiger partial charge in [0.15, 0.2) is 0 Å². The first-order valence-electron chi connectivity index (χ1n) is 10.6. The Hall–Kier alpha value is -0.460. The van der Waals surface area contributed by atoms with E-state index in [1.165, 1.54) is 57.8 Å². The van der Waals surface area contributed by atoms with Gasteiger partial charge in [0.1, 0.15) is 24.4 Å². The van der Waals surface area contributed by atoms with Gasteiger partial charge in [0.05, 0.1) is 13.2 Å². The van der Waals surface area contributed by atoms with E-state index in [1.807, 2.05) is 0 Å². The zero-order chi connectivity index (χ0) is 19.0. The standard InChI is InChI=1S/C21H40O5/c1-2-3-4-5-6-7-8-9-10-11-12-13-14-15-25-19-17-26-21(20(19)24)18(23)16-22/h4-5,18-24H,2-3,6-17H2,1H3/b5-4+/t18-,19+,20+,21+/m0/s1. The van der Waals surface area contributed by atoms with Gasteiger partial charge in [-0.3, -0.25) is 0 Å². The molecule has 0 aliphatic carbocycles. The second-order valence-corrected chi connectivity index (χ2v) is 7.32. The molecule has 0 aromatic rings. The van der Waals surface area contributed by atoms with Crippen molar-refractivity contribution >= 4 is 0 Å². The Labute approximate surface area is 159 Å². The highest BCUT2D eigenvalue weighted by Crippen LogP contribution is 2.20. The van der Waals surface area contributed by atoms with Crippen molar-refractivity contribution in [3.8, 4) is 0 Å². The molecule has 0 bridgehead atoms. The molecule has 0 saturated carbocycles. The van der Waals surface area contributed by atoms with E-state index in [2.05, 4.69) is 19.1 Å². The molecule has 26 heavy (non-hydrogen) atoms. The number of aliphatic hydroxyl groups is 3. The Balaban J connectivity index is 1.87. The topological polar surface area (TPSA) is 79.2 Å². The fourth-order valence-corrected chi connectivity index (χ4v) is 3.27. The fourth-order valence-electron chi connectivity index (χ4n) is 3.27. The molecule has 5 nitrogen and oxygen atoms in total. The molecule has 154 valence electrons. The van der Waals surface area contributed by atoms with Crippen molar-refractivity contribution in [1.29, 1.82) is 0 Å². The summed E-state index contributed by atoms with van der Waals surface area (Å²) >= 11 is 0. The number of rotatable bonds is 16. The summed E-state index contributed by atoms with van der Waals surface area (Å²) in [7, 11) is 0. The SMILES string of the molecule is CCC/C=C/CCCCCCCCCCO[C@@H]1CO[C@H]([C@@H](O)CO)[C@@H]1O. The number of hydrogen-bond acceptors (Lipinski definition) is 5. The van der Waals surface area contributed by atoms with E-state index in [9.17, 15) is 10.2 Å². The van der Waals surface area contributed by atoms with E-state index in [-0.39, 0.29) is 6.61 Å². The van der Waals surface area contributed by atoms with E-state index in [0.29, 0.717) is 6.61 Å². The maximum Gasteiger partial charge on any atom is 0.114 e. The van der Waals surface area contributed by atoms with Gasteiger partial charge in [0.2, 0.25) is 0 Å². The lowest BCUT2D eigenvalue weighted by molar-refractivity contribution is -0.0730. The second-order valence-electron chi connectivity index (χ2n) is 7.32. The van der Waals surface area contributed by atoms with E-state index in [4.69, 9.17) is 14.6 Å². The molecule has 1 saturated heterocycles. The monoisotopic (exact) mass is 372 g/mol. The summed E-state index contributed by atoms with van der Waals surface area (Å²) in [6.45, 7) is 2.68. The van der Waals surface area contributed by atoms with Gasteiger partial charge < -0.3 is 24.8 Å². The lowest BCUT2D eigenvalue weighted by Gasteiger charge is -2.20. The van der Waals surface area contributed by atoms with Crippen molar-refractivity contribution in [2.45, 2.75) is 102 Å². The minimum Gasteiger partial charge on any atom is -0.394 e. The first-order valence-corrected chi connectivity index (χ1v) is 10.6. The van der Waals surface area contributed by atoms with Crippen LogP contribution in [0.25, 0.3) is 0 Å². The molecule has 0 aromatic carbocycles. The highest BCUT2D eigenvalue weighted by Gasteiger charge is 2.40. The van der Waals surface area contributed by atoms with Crippen molar-refractivity contribution in [2.75, 3.05) is 19.8 Å². The molecule has 0 radical (unpaired) electrons. The van der Waals surface area contributed by atoms with Gasteiger partial charge in [0, 0.05) is 6.61 Å². The first-order chi connectivity index (χ1) is 12.7. The predicted octanol–water partition coefficient (Wildman–Crippen LogP) is 3.35. The molecule has 0 aromatic heterocycles. The van der Waals surface area contributed by atoms with Crippen LogP contribution in [0.5, 0.6) is 0 Å². The average molecular weight is 373 g/mol. The molecule has 1 rings (SSSR count). The second kappa shape index (κ2) is 15.6. The summed E-state index contributed by atoms with van der Waals surface area (Å²) in [5, 5.41) is 28.5. The molecule has 0 spiro atoms. The number of allylic oxidation sites excluding steroid dienone is 2. The molecular formula is C21H40O5. The zero-order valence-corrected chi connectivity index (χ0v) is 16.5. The van der Waals surface area contributed by atoms with Crippen LogP contribution in [-0.4, -0.2) is 59.6 Å². The minimum absolute atomic E-state index is 0.274. The zero-order valence-electron chi connectivity index (χ0n) is 16.5. The maximum absolute atomic E-state index is 10.0. The number of hydrogen-bond donors (Lipinski definition) is 3. The Bertz CT molecular complexity index is 347. The lowest BCUT2D eigenvalue weighted by atomic mass is 10.1. The van der Waals surface area contributed by atoms with E-state index >= 15 is 0 Å². The Morgan fingerprint density at radius 3 is 2.27 bits per heavy atom. The van der Waals surface area contributed by atoms with Crippen molar-refractivity contribution < 1.29 is 24.8 Å². The molecule has 4 atom stereocenters.